The fraction of sp³-hybridized carbons (Fsp3) is 0.545. The number of aromatic nitrogens is 1. The number of pyridine rings is 1. The van der Waals surface area contributed by atoms with Gasteiger partial charge in [-0.15, -0.1) is 0 Å². The highest BCUT2D eigenvalue weighted by atomic mass is 79.9. The number of ether oxygens (including phenoxy) is 1. The molecule has 1 aromatic heterocycles. The maximum absolute atomic E-state index is 5.87. The highest BCUT2D eigenvalue weighted by Crippen LogP contribution is 2.26. The van der Waals surface area contributed by atoms with Gasteiger partial charge in [-0.1, -0.05) is 11.6 Å². The first-order chi connectivity index (χ1) is 8.19. The molecule has 0 spiro atoms. The van der Waals surface area contributed by atoms with E-state index in [2.05, 4.69) is 25.8 Å². The predicted molar refractivity (Wildman–Crippen MR) is 74.7 cm³/mol. The molecule has 96 valence electrons. The van der Waals surface area contributed by atoms with Crippen LogP contribution in [0.3, 0.4) is 0 Å². The quantitative estimate of drug-likeness (QED) is 0.837. The molecule has 1 heterocycles. The van der Waals surface area contributed by atoms with Crippen LogP contribution in [-0.2, 0) is 4.74 Å². The Morgan fingerprint density at radius 2 is 2.29 bits per heavy atom. The Morgan fingerprint density at radius 1 is 1.53 bits per heavy atom. The first kappa shape index (κ1) is 14.7. The Morgan fingerprint density at radius 3 is 2.88 bits per heavy atom. The van der Waals surface area contributed by atoms with Crippen LogP contribution in [0.15, 0.2) is 16.7 Å². The fourth-order valence-corrected chi connectivity index (χ4v) is 2.34. The molecule has 0 saturated carbocycles. The lowest BCUT2D eigenvalue weighted by Crippen LogP contribution is -2.30. The normalized spacial score (nSPS) is 10.6. The van der Waals surface area contributed by atoms with Crippen molar-refractivity contribution in [3.05, 3.63) is 21.8 Å². The van der Waals surface area contributed by atoms with E-state index in [0.29, 0.717) is 18.2 Å². The third-order valence-electron chi connectivity index (χ3n) is 2.29. The number of anilines is 1. The molecular formula is C11H17BrClN3O. The molecule has 0 saturated heterocycles. The van der Waals surface area contributed by atoms with Gasteiger partial charge >= 0.3 is 0 Å². The summed E-state index contributed by atoms with van der Waals surface area (Å²) in [4.78, 5) is 6.47. The minimum atomic E-state index is 0.617. The molecule has 4 nitrogen and oxygen atoms in total. The molecular weight excluding hydrogens is 305 g/mol. The van der Waals surface area contributed by atoms with Gasteiger partial charge in [-0.25, -0.2) is 4.98 Å². The van der Waals surface area contributed by atoms with Gasteiger partial charge in [0.05, 0.1) is 16.1 Å². The molecule has 0 atom stereocenters. The van der Waals surface area contributed by atoms with Crippen molar-refractivity contribution in [1.29, 1.82) is 0 Å². The van der Waals surface area contributed by atoms with Gasteiger partial charge < -0.3 is 15.4 Å². The van der Waals surface area contributed by atoms with Crippen molar-refractivity contribution in [2.45, 2.75) is 6.42 Å². The smallest absolute Gasteiger partial charge is 0.143 e. The van der Waals surface area contributed by atoms with E-state index in [1.807, 2.05) is 6.07 Å². The van der Waals surface area contributed by atoms with Crippen LogP contribution in [0, 0.1) is 0 Å². The molecule has 0 bridgehead atoms. The van der Waals surface area contributed by atoms with Gasteiger partial charge in [-0.3, -0.25) is 0 Å². The van der Waals surface area contributed by atoms with Crippen LogP contribution in [0.4, 0.5) is 5.82 Å². The molecule has 6 heteroatoms. The monoisotopic (exact) mass is 321 g/mol. The van der Waals surface area contributed by atoms with Gasteiger partial charge in [0.2, 0.25) is 0 Å². The third-order valence-corrected chi connectivity index (χ3v) is 3.08. The Balaban J connectivity index is 2.79. The highest BCUT2D eigenvalue weighted by Gasteiger charge is 2.11. The molecule has 0 aliphatic carbocycles. The Hall–Kier alpha value is -0.360. The number of hydrogen-bond acceptors (Lipinski definition) is 4. The summed E-state index contributed by atoms with van der Waals surface area (Å²) in [6.07, 6.45) is 2.56. The van der Waals surface area contributed by atoms with E-state index < -0.39 is 0 Å². The SMILES string of the molecule is COCCN(CCCN)c1ncc(Cl)cc1Br. The zero-order chi connectivity index (χ0) is 12.7. The molecule has 17 heavy (non-hydrogen) atoms. The molecule has 1 aromatic rings. The topological polar surface area (TPSA) is 51.4 Å². The maximum Gasteiger partial charge on any atom is 0.143 e. The van der Waals surface area contributed by atoms with Gasteiger partial charge in [0.25, 0.3) is 0 Å². The van der Waals surface area contributed by atoms with E-state index in [-0.39, 0.29) is 0 Å². The van der Waals surface area contributed by atoms with Crippen molar-refractivity contribution in [1.82, 2.24) is 4.98 Å². The van der Waals surface area contributed by atoms with Crippen molar-refractivity contribution in [2.24, 2.45) is 5.73 Å². The zero-order valence-electron chi connectivity index (χ0n) is 9.83. The van der Waals surface area contributed by atoms with Crippen LogP contribution < -0.4 is 10.6 Å². The van der Waals surface area contributed by atoms with Gasteiger partial charge in [0.15, 0.2) is 0 Å². The van der Waals surface area contributed by atoms with Gasteiger partial charge in [0, 0.05) is 26.4 Å². The number of halogens is 2. The maximum atomic E-state index is 5.87. The summed E-state index contributed by atoms with van der Waals surface area (Å²) in [6, 6.07) is 1.84. The van der Waals surface area contributed by atoms with Gasteiger partial charge in [0.1, 0.15) is 5.82 Å². The summed E-state index contributed by atoms with van der Waals surface area (Å²) < 4.78 is 5.98. The summed E-state index contributed by atoms with van der Waals surface area (Å²) >= 11 is 9.35. The van der Waals surface area contributed by atoms with E-state index in [1.54, 1.807) is 13.3 Å². The van der Waals surface area contributed by atoms with E-state index in [1.165, 1.54) is 0 Å². The van der Waals surface area contributed by atoms with Gasteiger partial charge in [-0.2, -0.15) is 0 Å². The predicted octanol–water partition coefficient (Wildman–Crippen LogP) is 2.30. The Kier molecular flexibility index (Phi) is 6.80. The first-order valence-corrected chi connectivity index (χ1v) is 6.61. The summed E-state index contributed by atoms with van der Waals surface area (Å²) in [5, 5.41) is 0.617. The van der Waals surface area contributed by atoms with E-state index in [9.17, 15) is 0 Å². The van der Waals surface area contributed by atoms with Crippen LogP contribution in [-0.4, -0.2) is 38.3 Å². The largest absolute Gasteiger partial charge is 0.383 e. The number of rotatable bonds is 7. The molecule has 0 radical (unpaired) electrons. The number of hydrogen-bond donors (Lipinski definition) is 1. The molecule has 0 aliphatic heterocycles. The minimum absolute atomic E-state index is 0.617. The zero-order valence-corrected chi connectivity index (χ0v) is 12.2. The van der Waals surface area contributed by atoms with Crippen LogP contribution in [0.25, 0.3) is 0 Å². The molecule has 0 unspecified atom stereocenters. The van der Waals surface area contributed by atoms with E-state index in [4.69, 9.17) is 22.1 Å². The van der Waals surface area contributed by atoms with Crippen LogP contribution in [0.2, 0.25) is 5.02 Å². The second kappa shape index (κ2) is 7.87. The summed E-state index contributed by atoms with van der Waals surface area (Å²) in [7, 11) is 1.69. The Labute approximate surface area is 115 Å². The molecule has 0 aliphatic rings. The molecule has 0 fully saturated rings. The average molecular weight is 323 g/mol. The van der Waals surface area contributed by atoms with Crippen molar-refractivity contribution in [3.8, 4) is 0 Å². The van der Waals surface area contributed by atoms with Gasteiger partial charge in [-0.05, 0) is 35.0 Å². The number of nitrogens with two attached hydrogens (primary N) is 1. The lowest BCUT2D eigenvalue weighted by atomic mass is 10.3. The van der Waals surface area contributed by atoms with Crippen LogP contribution >= 0.6 is 27.5 Å². The highest BCUT2D eigenvalue weighted by molar-refractivity contribution is 9.10. The Bertz CT molecular complexity index is 343. The number of methoxy groups -OCH3 is 1. The summed E-state index contributed by atoms with van der Waals surface area (Å²) in [6.45, 7) is 2.95. The average Bonchev–Trinajstić information content (AvgIpc) is 2.30. The van der Waals surface area contributed by atoms with E-state index in [0.717, 1.165) is 29.8 Å². The lowest BCUT2D eigenvalue weighted by Gasteiger charge is -2.24. The van der Waals surface area contributed by atoms with Crippen molar-refractivity contribution < 1.29 is 4.74 Å². The molecule has 2 N–H and O–H groups in total. The summed E-state index contributed by atoms with van der Waals surface area (Å²) in [5.41, 5.74) is 5.53. The van der Waals surface area contributed by atoms with Crippen molar-refractivity contribution in [3.63, 3.8) is 0 Å². The molecule has 0 amide bonds. The minimum Gasteiger partial charge on any atom is -0.383 e. The van der Waals surface area contributed by atoms with Crippen molar-refractivity contribution >= 4 is 33.3 Å². The first-order valence-electron chi connectivity index (χ1n) is 5.44. The molecule has 1 rings (SSSR count). The summed E-state index contributed by atoms with van der Waals surface area (Å²) in [5.74, 6) is 0.875. The van der Waals surface area contributed by atoms with Crippen molar-refractivity contribution in [2.75, 3.05) is 38.3 Å². The molecule has 0 aromatic carbocycles. The van der Waals surface area contributed by atoms with E-state index >= 15 is 0 Å². The standard InChI is InChI=1S/C11H17BrClN3O/c1-17-6-5-16(4-2-3-14)11-10(12)7-9(13)8-15-11/h7-8H,2-6,14H2,1H3. The second-order valence-electron chi connectivity index (χ2n) is 3.58. The second-order valence-corrected chi connectivity index (χ2v) is 4.87. The van der Waals surface area contributed by atoms with Crippen LogP contribution in [0.5, 0.6) is 0 Å². The lowest BCUT2D eigenvalue weighted by molar-refractivity contribution is 0.205. The fourth-order valence-electron chi connectivity index (χ4n) is 1.45. The number of nitrogens with zero attached hydrogens (tertiary/aromatic N) is 2. The van der Waals surface area contributed by atoms with Crippen LogP contribution in [0.1, 0.15) is 6.42 Å². The third kappa shape index (κ3) is 4.79.